The topological polar surface area (TPSA) is 51.8 Å². The van der Waals surface area contributed by atoms with Crippen molar-refractivity contribution in [2.24, 2.45) is 0 Å². The van der Waals surface area contributed by atoms with Gasteiger partial charge < -0.3 is 4.42 Å². The van der Waals surface area contributed by atoms with E-state index in [4.69, 9.17) is 19.4 Å². The molecule has 0 aliphatic rings. The molecule has 0 N–H and O–H groups in total. The van der Waals surface area contributed by atoms with Gasteiger partial charge in [-0.05, 0) is 74.6 Å². The van der Waals surface area contributed by atoms with Crippen LogP contribution < -0.4 is 0 Å². The van der Waals surface area contributed by atoms with Crippen molar-refractivity contribution in [3.8, 4) is 56.4 Å². The fraction of sp³-hybridized carbons (Fsp3) is 0. The van der Waals surface area contributed by atoms with Crippen molar-refractivity contribution in [1.82, 2.24) is 15.0 Å². The fourth-order valence-electron chi connectivity index (χ4n) is 7.14. The normalized spacial score (nSPS) is 11.5. The molecular weight excluding hydrogens is 623 g/mol. The third-order valence-corrected chi connectivity index (χ3v) is 9.70. The number of hydrogen-bond acceptors (Lipinski definition) is 4. The van der Waals surface area contributed by atoms with Crippen LogP contribution in [0.5, 0.6) is 0 Å². The molecule has 0 atom stereocenters. The standard InChI is InChI=1S/C47H29N3O/c1-3-11-30(12-4-1)34-20-21-36-29-38(24-22-35(36)27-34)46-48-45(37-23-19-31-13-7-8-16-33(31)28-37)49-47(50-46)41-26-25-39(32-14-5-2-6-15-32)44-43(41)40-17-9-10-18-42(40)51-44/h1-29H. The molecule has 10 aromatic rings. The maximum absolute atomic E-state index is 6.60. The summed E-state index contributed by atoms with van der Waals surface area (Å²) in [4.78, 5) is 15.5. The van der Waals surface area contributed by atoms with E-state index in [9.17, 15) is 0 Å². The van der Waals surface area contributed by atoms with E-state index >= 15 is 0 Å². The van der Waals surface area contributed by atoms with Crippen molar-refractivity contribution in [2.75, 3.05) is 0 Å². The molecule has 2 aromatic heterocycles. The monoisotopic (exact) mass is 651 g/mol. The second-order valence-electron chi connectivity index (χ2n) is 12.8. The van der Waals surface area contributed by atoms with Crippen LogP contribution in [0.4, 0.5) is 0 Å². The summed E-state index contributed by atoms with van der Waals surface area (Å²) in [7, 11) is 0. The van der Waals surface area contributed by atoms with Crippen LogP contribution in [-0.4, -0.2) is 15.0 Å². The van der Waals surface area contributed by atoms with Gasteiger partial charge in [0.15, 0.2) is 17.5 Å². The summed E-state index contributed by atoms with van der Waals surface area (Å²) in [6, 6.07) is 61.1. The number of furan rings is 1. The van der Waals surface area contributed by atoms with Gasteiger partial charge in [0.05, 0.1) is 0 Å². The Morgan fingerprint density at radius 3 is 1.57 bits per heavy atom. The van der Waals surface area contributed by atoms with E-state index in [-0.39, 0.29) is 0 Å². The molecule has 8 aromatic carbocycles. The molecule has 0 saturated heterocycles. The van der Waals surface area contributed by atoms with Crippen LogP contribution in [0, 0.1) is 0 Å². The minimum Gasteiger partial charge on any atom is -0.455 e. The van der Waals surface area contributed by atoms with Gasteiger partial charge in [0.25, 0.3) is 0 Å². The average molecular weight is 652 g/mol. The highest BCUT2D eigenvalue weighted by molar-refractivity contribution is 6.15. The van der Waals surface area contributed by atoms with Gasteiger partial charge in [-0.3, -0.25) is 0 Å². The van der Waals surface area contributed by atoms with E-state index in [1.165, 1.54) is 16.5 Å². The number of hydrogen-bond donors (Lipinski definition) is 0. The Morgan fingerprint density at radius 1 is 0.333 bits per heavy atom. The summed E-state index contributed by atoms with van der Waals surface area (Å²) in [5.41, 5.74) is 8.89. The quantitative estimate of drug-likeness (QED) is 0.186. The molecule has 4 heteroatoms. The summed E-state index contributed by atoms with van der Waals surface area (Å²) in [6.45, 7) is 0. The largest absolute Gasteiger partial charge is 0.455 e. The van der Waals surface area contributed by atoms with E-state index in [2.05, 4.69) is 146 Å². The number of benzene rings is 8. The summed E-state index contributed by atoms with van der Waals surface area (Å²) < 4.78 is 6.60. The first-order valence-corrected chi connectivity index (χ1v) is 17.1. The number of para-hydroxylation sites is 1. The lowest BCUT2D eigenvalue weighted by Crippen LogP contribution is -2.00. The first kappa shape index (κ1) is 29.0. The van der Waals surface area contributed by atoms with Crippen LogP contribution in [0.25, 0.3) is 99.9 Å². The summed E-state index contributed by atoms with van der Waals surface area (Å²) in [6.07, 6.45) is 0. The molecule has 0 aliphatic carbocycles. The SMILES string of the molecule is c1ccc(-c2ccc3cc(-c4nc(-c5ccc6ccccc6c5)nc(-c5ccc(-c6ccccc6)c6oc7ccccc7c56)n4)ccc3c2)cc1. The number of rotatable bonds is 5. The predicted octanol–water partition coefficient (Wildman–Crippen LogP) is 12.4. The van der Waals surface area contributed by atoms with Crippen LogP contribution in [0.15, 0.2) is 180 Å². The van der Waals surface area contributed by atoms with Gasteiger partial charge >= 0.3 is 0 Å². The fourth-order valence-corrected chi connectivity index (χ4v) is 7.14. The maximum Gasteiger partial charge on any atom is 0.164 e. The van der Waals surface area contributed by atoms with E-state index in [0.29, 0.717) is 17.5 Å². The second-order valence-corrected chi connectivity index (χ2v) is 12.8. The first-order valence-electron chi connectivity index (χ1n) is 17.1. The molecule has 0 unspecified atom stereocenters. The van der Waals surface area contributed by atoms with E-state index < -0.39 is 0 Å². The summed E-state index contributed by atoms with van der Waals surface area (Å²) >= 11 is 0. The lowest BCUT2D eigenvalue weighted by molar-refractivity contribution is 0.670. The molecular formula is C47H29N3O. The van der Waals surface area contributed by atoms with Crippen molar-refractivity contribution in [3.05, 3.63) is 176 Å². The molecule has 2 heterocycles. The molecule has 4 nitrogen and oxygen atoms in total. The molecule has 0 aliphatic heterocycles. The zero-order chi connectivity index (χ0) is 33.7. The average Bonchev–Trinajstić information content (AvgIpc) is 3.60. The molecule has 0 bridgehead atoms. The van der Waals surface area contributed by atoms with Crippen molar-refractivity contribution in [3.63, 3.8) is 0 Å². The highest BCUT2D eigenvalue weighted by Crippen LogP contribution is 2.41. The third-order valence-electron chi connectivity index (χ3n) is 9.70. The minimum atomic E-state index is 0.596. The Morgan fingerprint density at radius 2 is 0.843 bits per heavy atom. The van der Waals surface area contributed by atoms with E-state index in [0.717, 1.165) is 65.9 Å². The minimum absolute atomic E-state index is 0.596. The Labute approximate surface area is 294 Å². The number of fused-ring (bicyclic) bond motifs is 5. The summed E-state index contributed by atoms with van der Waals surface area (Å²) in [5, 5.41) is 6.59. The smallest absolute Gasteiger partial charge is 0.164 e. The second kappa shape index (κ2) is 11.9. The first-order chi connectivity index (χ1) is 25.2. The lowest BCUT2D eigenvalue weighted by Gasteiger charge is -2.12. The summed E-state index contributed by atoms with van der Waals surface area (Å²) in [5.74, 6) is 1.83. The molecule has 0 radical (unpaired) electrons. The third kappa shape index (κ3) is 5.13. The zero-order valence-electron chi connectivity index (χ0n) is 27.5. The van der Waals surface area contributed by atoms with E-state index in [1.807, 2.05) is 30.3 Å². The van der Waals surface area contributed by atoms with Gasteiger partial charge in [-0.25, -0.2) is 15.0 Å². The van der Waals surface area contributed by atoms with Crippen molar-refractivity contribution in [1.29, 1.82) is 0 Å². The number of nitrogens with zero attached hydrogens (tertiary/aromatic N) is 3. The molecule has 0 spiro atoms. The van der Waals surface area contributed by atoms with Crippen LogP contribution in [0.3, 0.4) is 0 Å². The van der Waals surface area contributed by atoms with Gasteiger partial charge in [0.1, 0.15) is 11.2 Å². The molecule has 0 saturated carbocycles. The molecule has 10 rings (SSSR count). The van der Waals surface area contributed by atoms with Crippen molar-refractivity contribution < 1.29 is 4.42 Å². The van der Waals surface area contributed by atoms with Crippen LogP contribution in [0.2, 0.25) is 0 Å². The zero-order valence-corrected chi connectivity index (χ0v) is 27.5. The van der Waals surface area contributed by atoms with Gasteiger partial charge in [0, 0.05) is 33.0 Å². The highest BCUT2D eigenvalue weighted by atomic mass is 16.3. The number of aromatic nitrogens is 3. The Balaban J connectivity index is 1.19. The van der Waals surface area contributed by atoms with Crippen LogP contribution in [0.1, 0.15) is 0 Å². The van der Waals surface area contributed by atoms with Crippen LogP contribution >= 0.6 is 0 Å². The maximum atomic E-state index is 6.60. The predicted molar refractivity (Wildman–Crippen MR) is 209 cm³/mol. The van der Waals surface area contributed by atoms with Gasteiger partial charge in [-0.1, -0.05) is 140 Å². The molecule has 238 valence electrons. The Bertz CT molecular complexity index is 2910. The molecule has 0 fully saturated rings. The lowest BCUT2D eigenvalue weighted by atomic mass is 9.98. The van der Waals surface area contributed by atoms with Gasteiger partial charge in [-0.2, -0.15) is 0 Å². The highest BCUT2D eigenvalue weighted by Gasteiger charge is 2.21. The Kier molecular flexibility index (Phi) is 6.78. The van der Waals surface area contributed by atoms with Gasteiger partial charge in [0.2, 0.25) is 0 Å². The van der Waals surface area contributed by atoms with Gasteiger partial charge in [-0.15, -0.1) is 0 Å². The molecule has 0 amide bonds. The van der Waals surface area contributed by atoms with Crippen molar-refractivity contribution in [2.45, 2.75) is 0 Å². The Hall–Kier alpha value is -6.91. The van der Waals surface area contributed by atoms with Crippen LogP contribution in [-0.2, 0) is 0 Å². The van der Waals surface area contributed by atoms with Crippen molar-refractivity contribution >= 4 is 43.5 Å². The van der Waals surface area contributed by atoms with E-state index in [1.54, 1.807) is 0 Å². The molecule has 51 heavy (non-hydrogen) atoms.